The van der Waals surface area contributed by atoms with Crippen LogP contribution in [0.2, 0.25) is 0 Å². The van der Waals surface area contributed by atoms with Gasteiger partial charge in [-0.25, -0.2) is 0 Å². The molecule has 0 amide bonds. The zero-order valence-electron chi connectivity index (χ0n) is 16.5. The van der Waals surface area contributed by atoms with Crippen LogP contribution in [0.15, 0.2) is 35.5 Å². The highest BCUT2D eigenvalue weighted by Gasteiger charge is 2.31. The Morgan fingerprint density at radius 3 is 2.90 bits per heavy atom. The minimum absolute atomic E-state index is 0. The lowest BCUT2D eigenvalue weighted by atomic mass is 9.99. The van der Waals surface area contributed by atoms with Crippen molar-refractivity contribution in [1.82, 2.24) is 9.78 Å². The van der Waals surface area contributed by atoms with Crippen molar-refractivity contribution in [1.29, 1.82) is 0 Å². The molecule has 3 heterocycles. The Bertz CT molecular complexity index is 841. The summed E-state index contributed by atoms with van der Waals surface area (Å²) in [6, 6.07) is 7.72. The zero-order valence-corrected chi connectivity index (χ0v) is 18.9. The van der Waals surface area contributed by atoms with E-state index in [1.54, 1.807) is 0 Å². The Labute approximate surface area is 187 Å². The van der Waals surface area contributed by atoms with Gasteiger partial charge < -0.3 is 25.3 Å². The number of hydrogen-bond donors (Lipinski definition) is 2. The fourth-order valence-electron chi connectivity index (χ4n) is 3.64. The van der Waals surface area contributed by atoms with Gasteiger partial charge in [-0.15, -0.1) is 24.0 Å². The molecule has 9 heteroatoms. The molecule has 158 valence electrons. The number of hydrogen-bond acceptors (Lipinski definition) is 5. The van der Waals surface area contributed by atoms with Gasteiger partial charge in [-0.1, -0.05) is 0 Å². The van der Waals surface area contributed by atoms with Gasteiger partial charge in [-0.3, -0.25) is 9.67 Å². The van der Waals surface area contributed by atoms with Crippen molar-refractivity contribution in [2.24, 2.45) is 16.6 Å². The van der Waals surface area contributed by atoms with E-state index in [0.717, 1.165) is 48.9 Å². The third-order valence-corrected chi connectivity index (χ3v) is 5.07. The van der Waals surface area contributed by atoms with E-state index in [0.29, 0.717) is 25.7 Å². The Morgan fingerprint density at radius 2 is 2.07 bits per heavy atom. The predicted octanol–water partition coefficient (Wildman–Crippen LogP) is 3.19. The topological polar surface area (TPSA) is 95.9 Å². The van der Waals surface area contributed by atoms with Crippen LogP contribution in [0.25, 0.3) is 0 Å². The summed E-state index contributed by atoms with van der Waals surface area (Å²) in [5, 5.41) is 7.49. The molecule has 0 saturated carbocycles. The average Bonchev–Trinajstić information content (AvgIpc) is 3.30. The summed E-state index contributed by atoms with van der Waals surface area (Å²) in [6.07, 6.45) is 3.67. The second-order valence-corrected chi connectivity index (χ2v) is 6.97. The first-order valence-corrected chi connectivity index (χ1v) is 9.84. The second-order valence-electron chi connectivity index (χ2n) is 6.97. The number of nitrogens with one attached hydrogen (secondary N) is 1. The number of benzene rings is 1. The summed E-state index contributed by atoms with van der Waals surface area (Å²) in [5.74, 6) is 2.15. The number of ether oxygens (including phenoxy) is 3. The third kappa shape index (κ3) is 5.13. The number of aryl methyl sites for hydroxylation is 1. The van der Waals surface area contributed by atoms with Gasteiger partial charge >= 0.3 is 0 Å². The number of fused-ring (bicyclic) bond motifs is 1. The van der Waals surface area contributed by atoms with Crippen molar-refractivity contribution in [2.45, 2.75) is 32.4 Å². The fourth-order valence-corrected chi connectivity index (χ4v) is 3.64. The summed E-state index contributed by atoms with van der Waals surface area (Å²) >= 11 is 0. The summed E-state index contributed by atoms with van der Waals surface area (Å²) in [4.78, 5) is 4.55. The number of rotatable bonds is 5. The maximum absolute atomic E-state index is 6.12. The van der Waals surface area contributed by atoms with Crippen LogP contribution in [0.5, 0.6) is 11.5 Å². The van der Waals surface area contributed by atoms with E-state index in [4.69, 9.17) is 19.9 Å². The van der Waals surface area contributed by atoms with E-state index in [1.165, 1.54) is 0 Å². The first-order chi connectivity index (χ1) is 13.7. The summed E-state index contributed by atoms with van der Waals surface area (Å²) in [7, 11) is 0. The normalized spacial score (nSPS) is 21.3. The smallest absolute Gasteiger partial charge is 0.193 e. The van der Waals surface area contributed by atoms with Crippen LogP contribution in [0.1, 0.15) is 31.6 Å². The zero-order chi connectivity index (χ0) is 19.3. The first-order valence-electron chi connectivity index (χ1n) is 9.84. The van der Waals surface area contributed by atoms with Crippen LogP contribution < -0.4 is 20.5 Å². The Balaban J connectivity index is 0.00000240. The molecule has 0 spiro atoms. The van der Waals surface area contributed by atoms with Gasteiger partial charge in [0.2, 0.25) is 0 Å². The molecular weight excluding hydrogens is 485 g/mol. The molecule has 1 fully saturated rings. The molecule has 2 aliphatic rings. The maximum atomic E-state index is 6.12. The Hall–Kier alpha value is -2.01. The summed E-state index contributed by atoms with van der Waals surface area (Å²) in [6.45, 7) is 5.56. The second kappa shape index (κ2) is 10.1. The average molecular weight is 513 g/mol. The van der Waals surface area contributed by atoms with Gasteiger partial charge in [0.15, 0.2) is 17.5 Å². The SMILES string of the molecule is CCn1nccc1[C@@H]1OCC[C@H]1CN=C(N)Nc1ccc2c(c1)OCCCO2.I. The van der Waals surface area contributed by atoms with Crippen LogP contribution in [-0.2, 0) is 11.3 Å². The van der Waals surface area contributed by atoms with Crippen molar-refractivity contribution in [3.05, 3.63) is 36.2 Å². The molecular formula is C20H28IN5O3. The molecule has 1 aromatic heterocycles. The lowest BCUT2D eigenvalue weighted by Crippen LogP contribution is -2.24. The minimum atomic E-state index is 0. The lowest BCUT2D eigenvalue weighted by Gasteiger charge is -2.18. The van der Waals surface area contributed by atoms with Crippen LogP contribution >= 0.6 is 24.0 Å². The number of aliphatic imine (C=N–C) groups is 1. The predicted molar refractivity (Wildman–Crippen MR) is 122 cm³/mol. The van der Waals surface area contributed by atoms with Crippen LogP contribution in [0.4, 0.5) is 5.69 Å². The van der Waals surface area contributed by atoms with Gasteiger partial charge in [0.1, 0.15) is 6.10 Å². The standard InChI is InChI=1S/C20H27N5O3.HI/c1-2-25-16(6-8-23-25)19-14(7-11-28-19)13-22-20(21)24-15-4-5-17-18(12-15)27-10-3-9-26-17;/h4-6,8,12,14,19H,2-3,7,9-11,13H2,1H3,(H3,21,22,24);1H/t14-,19+;/m0./s1. The van der Waals surface area contributed by atoms with Gasteiger partial charge in [0.05, 0.1) is 18.9 Å². The quantitative estimate of drug-likeness (QED) is 0.362. The maximum Gasteiger partial charge on any atom is 0.193 e. The molecule has 2 atom stereocenters. The molecule has 1 aromatic carbocycles. The monoisotopic (exact) mass is 513 g/mol. The van der Waals surface area contributed by atoms with E-state index >= 15 is 0 Å². The molecule has 0 unspecified atom stereocenters. The van der Waals surface area contributed by atoms with Crippen LogP contribution in [-0.4, -0.2) is 42.1 Å². The van der Waals surface area contributed by atoms with Crippen LogP contribution in [0, 0.1) is 5.92 Å². The van der Waals surface area contributed by atoms with E-state index in [2.05, 4.69) is 22.3 Å². The Morgan fingerprint density at radius 1 is 1.24 bits per heavy atom. The fraction of sp³-hybridized carbons (Fsp3) is 0.500. The number of aromatic nitrogens is 2. The van der Waals surface area contributed by atoms with Crippen molar-refractivity contribution in [2.75, 3.05) is 31.7 Å². The van der Waals surface area contributed by atoms with Gasteiger partial charge in [-0.2, -0.15) is 5.10 Å². The lowest BCUT2D eigenvalue weighted by molar-refractivity contribution is 0.0851. The highest BCUT2D eigenvalue weighted by Crippen LogP contribution is 2.35. The van der Waals surface area contributed by atoms with E-state index in [-0.39, 0.29) is 36.0 Å². The number of nitrogens with zero attached hydrogens (tertiary/aromatic N) is 3. The van der Waals surface area contributed by atoms with Gasteiger partial charge in [0.25, 0.3) is 0 Å². The molecule has 2 aromatic rings. The van der Waals surface area contributed by atoms with Crippen molar-refractivity contribution in [3.63, 3.8) is 0 Å². The number of halogens is 1. The van der Waals surface area contributed by atoms with Gasteiger partial charge in [-0.05, 0) is 31.5 Å². The summed E-state index contributed by atoms with van der Waals surface area (Å²) < 4.78 is 19.3. The van der Waals surface area contributed by atoms with Crippen LogP contribution in [0.3, 0.4) is 0 Å². The molecule has 1 saturated heterocycles. The highest BCUT2D eigenvalue weighted by molar-refractivity contribution is 14.0. The number of nitrogens with two attached hydrogens (primary N) is 1. The third-order valence-electron chi connectivity index (χ3n) is 5.07. The number of guanidine groups is 1. The molecule has 4 rings (SSSR count). The summed E-state index contributed by atoms with van der Waals surface area (Å²) in [5.41, 5.74) is 8.05. The number of anilines is 1. The van der Waals surface area contributed by atoms with E-state index < -0.39 is 0 Å². The van der Waals surface area contributed by atoms with Gasteiger partial charge in [0, 0.05) is 50.0 Å². The first kappa shape index (κ1) is 21.7. The highest BCUT2D eigenvalue weighted by atomic mass is 127. The van der Waals surface area contributed by atoms with Crippen molar-refractivity contribution >= 4 is 35.6 Å². The minimum Gasteiger partial charge on any atom is -0.490 e. The molecule has 0 radical (unpaired) electrons. The molecule has 0 aliphatic carbocycles. The Kier molecular flexibility index (Phi) is 7.59. The van der Waals surface area contributed by atoms with E-state index in [1.807, 2.05) is 35.1 Å². The van der Waals surface area contributed by atoms with E-state index in [9.17, 15) is 0 Å². The molecule has 8 nitrogen and oxygen atoms in total. The molecule has 0 bridgehead atoms. The molecule has 3 N–H and O–H groups in total. The largest absolute Gasteiger partial charge is 0.490 e. The van der Waals surface area contributed by atoms with Crippen molar-refractivity contribution in [3.8, 4) is 11.5 Å². The molecule has 29 heavy (non-hydrogen) atoms. The van der Waals surface area contributed by atoms with Crippen molar-refractivity contribution < 1.29 is 14.2 Å². The molecule has 2 aliphatic heterocycles.